The average molecular weight is 254 g/mol. The van der Waals surface area contributed by atoms with Crippen molar-refractivity contribution in [3.63, 3.8) is 0 Å². The van der Waals surface area contributed by atoms with Crippen LogP contribution in [0.1, 0.15) is 58.3 Å². The van der Waals surface area contributed by atoms with E-state index in [2.05, 4.69) is 24.6 Å². The SMILES string of the molecule is CCOC1CC(NCCC2(NC)CCCCC2)C1. The fourth-order valence-electron chi connectivity index (χ4n) is 3.47. The quantitative estimate of drug-likeness (QED) is 0.732. The minimum absolute atomic E-state index is 0.425. The molecule has 0 aliphatic heterocycles. The topological polar surface area (TPSA) is 33.3 Å². The average Bonchev–Trinajstić information content (AvgIpc) is 2.37. The third kappa shape index (κ3) is 3.69. The Kier molecular flexibility index (Phi) is 5.46. The van der Waals surface area contributed by atoms with Gasteiger partial charge in [-0.05, 0) is 52.6 Å². The highest BCUT2D eigenvalue weighted by atomic mass is 16.5. The van der Waals surface area contributed by atoms with Crippen molar-refractivity contribution in [3.05, 3.63) is 0 Å². The summed E-state index contributed by atoms with van der Waals surface area (Å²) in [6.07, 6.45) is 11.2. The molecule has 2 aliphatic carbocycles. The summed E-state index contributed by atoms with van der Waals surface area (Å²) in [5.74, 6) is 0. The first-order valence-corrected chi connectivity index (χ1v) is 7.82. The van der Waals surface area contributed by atoms with Crippen molar-refractivity contribution in [2.45, 2.75) is 76.0 Å². The predicted octanol–water partition coefficient (Wildman–Crippen LogP) is 2.46. The van der Waals surface area contributed by atoms with E-state index in [4.69, 9.17) is 4.74 Å². The van der Waals surface area contributed by atoms with Gasteiger partial charge in [0.25, 0.3) is 0 Å². The maximum absolute atomic E-state index is 5.59. The van der Waals surface area contributed by atoms with E-state index < -0.39 is 0 Å². The first kappa shape index (κ1) is 14.3. The van der Waals surface area contributed by atoms with Gasteiger partial charge < -0.3 is 15.4 Å². The normalized spacial score (nSPS) is 31.0. The first-order valence-electron chi connectivity index (χ1n) is 7.82. The molecule has 0 aromatic rings. The molecule has 0 aromatic heterocycles. The summed E-state index contributed by atoms with van der Waals surface area (Å²) >= 11 is 0. The van der Waals surface area contributed by atoms with Crippen molar-refractivity contribution in [2.24, 2.45) is 0 Å². The Balaban J connectivity index is 1.60. The Bertz CT molecular complexity index is 233. The van der Waals surface area contributed by atoms with E-state index in [0.29, 0.717) is 17.7 Å². The van der Waals surface area contributed by atoms with Gasteiger partial charge in [0.05, 0.1) is 6.10 Å². The second kappa shape index (κ2) is 6.88. The van der Waals surface area contributed by atoms with Crippen LogP contribution < -0.4 is 10.6 Å². The van der Waals surface area contributed by atoms with Crippen LogP contribution in [-0.4, -0.2) is 37.9 Å². The zero-order valence-corrected chi connectivity index (χ0v) is 12.1. The Morgan fingerprint density at radius 2 is 1.89 bits per heavy atom. The standard InChI is InChI=1S/C15H30N2O/c1-3-18-14-11-13(12-14)17-10-9-15(16-2)7-5-4-6-8-15/h13-14,16-17H,3-12H2,1-2H3. The fraction of sp³-hybridized carbons (Fsp3) is 1.00. The lowest BCUT2D eigenvalue weighted by atomic mass is 9.79. The van der Waals surface area contributed by atoms with E-state index in [1.54, 1.807) is 0 Å². The van der Waals surface area contributed by atoms with Crippen molar-refractivity contribution in [1.82, 2.24) is 10.6 Å². The molecule has 0 unspecified atom stereocenters. The third-order valence-corrected chi connectivity index (χ3v) is 4.87. The van der Waals surface area contributed by atoms with Crippen LogP contribution in [0.25, 0.3) is 0 Å². The third-order valence-electron chi connectivity index (χ3n) is 4.87. The Hall–Kier alpha value is -0.120. The minimum atomic E-state index is 0.425. The second-order valence-electron chi connectivity index (χ2n) is 6.04. The molecular formula is C15H30N2O. The van der Waals surface area contributed by atoms with Crippen LogP contribution in [0.5, 0.6) is 0 Å². The number of hydrogen-bond acceptors (Lipinski definition) is 3. The van der Waals surface area contributed by atoms with Gasteiger partial charge in [0, 0.05) is 18.2 Å². The number of hydrogen-bond donors (Lipinski definition) is 2. The molecule has 3 nitrogen and oxygen atoms in total. The van der Waals surface area contributed by atoms with Crippen molar-refractivity contribution >= 4 is 0 Å². The van der Waals surface area contributed by atoms with Gasteiger partial charge >= 0.3 is 0 Å². The van der Waals surface area contributed by atoms with Crippen LogP contribution in [0.3, 0.4) is 0 Å². The van der Waals surface area contributed by atoms with Gasteiger partial charge in [-0.25, -0.2) is 0 Å². The van der Waals surface area contributed by atoms with Crippen LogP contribution >= 0.6 is 0 Å². The van der Waals surface area contributed by atoms with Crippen LogP contribution in [0.15, 0.2) is 0 Å². The van der Waals surface area contributed by atoms with Crippen molar-refractivity contribution in [2.75, 3.05) is 20.2 Å². The van der Waals surface area contributed by atoms with Crippen LogP contribution in [0.2, 0.25) is 0 Å². The van der Waals surface area contributed by atoms with Crippen molar-refractivity contribution in [3.8, 4) is 0 Å². The van der Waals surface area contributed by atoms with Gasteiger partial charge in [-0.1, -0.05) is 19.3 Å². The highest BCUT2D eigenvalue weighted by Crippen LogP contribution is 2.30. The summed E-state index contributed by atoms with van der Waals surface area (Å²) in [5.41, 5.74) is 0.425. The van der Waals surface area contributed by atoms with E-state index in [1.807, 2.05) is 0 Å². The van der Waals surface area contributed by atoms with Crippen LogP contribution in [0, 0.1) is 0 Å². The molecule has 0 aromatic carbocycles. The Morgan fingerprint density at radius 1 is 1.17 bits per heavy atom. The molecule has 0 heterocycles. The lowest BCUT2D eigenvalue weighted by Gasteiger charge is -2.39. The number of ether oxygens (including phenoxy) is 1. The first-order chi connectivity index (χ1) is 8.78. The van der Waals surface area contributed by atoms with Gasteiger partial charge in [0.15, 0.2) is 0 Å². The smallest absolute Gasteiger partial charge is 0.0604 e. The molecule has 2 rings (SSSR count). The monoisotopic (exact) mass is 254 g/mol. The van der Waals surface area contributed by atoms with E-state index in [0.717, 1.165) is 13.2 Å². The Morgan fingerprint density at radius 3 is 2.50 bits per heavy atom. The minimum Gasteiger partial charge on any atom is -0.378 e. The molecule has 0 radical (unpaired) electrons. The molecule has 2 fully saturated rings. The molecule has 0 spiro atoms. The maximum Gasteiger partial charge on any atom is 0.0604 e. The summed E-state index contributed by atoms with van der Waals surface area (Å²) in [6, 6.07) is 0.707. The molecule has 2 saturated carbocycles. The molecule has 0 saturated heterocycles. The predicted molar refractivity (Wildman–Crippen MR) is 75.9 cm³/mol. The van der Waals surface area contributed by atoms with Gasteiger partial charge in [0.2, 0.25) is 0 Å². The van der Waals surface area contributed by atoms with Gasteiger partial charge in [0.1, 0.15) is 0 Å². The largest absolute Gasteiger partial charge is 0.378 e. The van der Waals surface area contributed by atoms with E-state index in [-0.39, 0.29) is 0 Å². The number of rotatable bonds is 7. The highest BCUT2D eigenvalue weighted by Gasteiger charge is 2.32. The summed E-state index contributed by atoms with van der Waals surface area (Å²) in [4.78, 5) is 0. The lowest BCUT2D eigenvalue weighted by Crippen LogP contribution is -2.50. The summed E-state index contributed by atoms with van der Waals surface area (Å²) in [5, 5.41) is 7.29. The zero-order chi connectivity index (χ0) is 12.8. The fourth-order valence-corrected chi connectivity index (χ4v) is 3.47. The molecular weight excluding hydrogens is 224 g/mol. The van der Waals surface area contributed by atoms with Gasteiger partial charge in [-0.3, -0.25) is 0 Å². The van der Waals surface area contributed by atoms with E-state index in [9.17, 15) is 0 Å². The summed E-state index contributed by atoms with van der Waals surface area (Å²) in [7, 11) is 2.14. The van der Waals surface area contributed by atoms with E-state index in [1.165, 1.54) is 51.4 Å². The zero-order valence-electron chi connectivity index (χ0n) is 12.1. The maximum atomic E-state index is 5.59. The highest BCUT2D eigenvalue weighted by molar-refractivity contribution is 4.92. The summed E-state index contributed by atoms with van der Waals surface area (Å²) < 4.78 is 5.59. The second-order valence-corrected chi connectivity index (χ2v) is 6.04. The molecule has 0 bridgehead atoms. The van der Waals surface area contributed by atoms with Crippen molar-refractivity contribution in [1.29, 1.82) is 0 Å². The number of nitrogens with one attached hydrogen (secondary N) is 2. The van der Waals surface area contributed by atoms with Gasteiger partial charge in [-0.2, -0.15) is 0 Å². The van der Waals surface area contributed by atoms with Gasteiger partial charge in [-0.15, -0.1) is 0 Å². The van der Waals surface area contributed by atoms with E-state index >= 15 is 0 Å². The molecule has 2 N–H and O–H groups in total. The lowest BCUT2D eigenvalue weighted by molar-refractivity contribution is -0.0102. The molecule has 0 atom stereocenters. The molecule has 2 aliphatic rings. The molecule has 0 amide bonds. The molecule has 106 valence electrons. The molecule has 18 heavy (non-hydrogen) atoms. The van der Waals surface area contributed by atoms with Crippen LogP contribution in [0.4, 0.5) is 0 Å². The molecule has 3 heteroatoms. The van der Waals surface area contributed by atoms with Crippen LogP contribution in [-0.2, 0) is 4.74 Å². The van der Waals surface area contributed by atoms with Crippen molar-refractivity contribution < 1.29 is 4.74 Å². The summed E-state index contributed by atoms with van der Waals surface area (Å²) in [6.45, 7) is 4.10. The Labute approximate surface area is 112 Å².